The summed E-state index contributed by atoms with van der Waals surface area (Å²) >= 11 is 0. The van der Waals surface area contributed by atoms with Gasteiger partial charge in [0.05, 0.1) is 22.9 Å². The highest BCUT2D eigenvalue weighted by Crippen LogP contribution is 2.35. The molecular weight excluding hydrogens is 482 g/mol. The molecule has 4 N–H and O–H groups in total. The molecular formula is C25H39N5O5S. The summed E-state index contributed by atoms with van der Waals surface area (Å²) in [6.07, 6.45) is 4.93. The number of nitrogens with zero attached hydrogens (tertiary/aromatic N) is 3. The Labute approximate surface area is 214 Å². The monoisotopic (exact) mass is 521 g/mol. The first-order valence-corrected chi connectivity index (χ1v) is 14.0. The number of carbonyl (C=O) groups excluding carboxylic acids is 1. The van der Waals surface area contributed by atoms with Gasteiger partial charge >= 0.3 is 0 Å². The number of rotatable bonds is 13. The zero-order valence-electron chi connectivity index (χ0n) is 21.5. The maximum Gasteiger partial charge on any atom is 0.267 e. The molecule has 2 heterocycles. The van der Waals surface area contributed by atoms with Crippen LogP contribution in [-0.4, -0.2) is 79.1 Å². The van der Waals surface area contributed by atoms with E-state index in [0.717, 1.165) is 31.4 Å². The number of aliphatic hydroxyl groups is 1. The average Bonchev–Trinajstić information content (AvgIpc) is 3.16. The fourth-order valence-electron chi connectivity index (χ4n) is 4.46. The maximum absolute atomic E-state index is 13.5. The van der Waals surface area contributed by atoms with E-state index >= 15 is 0 Å². The number of carbonyl (C=O) groups is 1. The fourth-order valence-corrected chi connectivity index (χ4v) is 5.91. The molecule has 2 aromatic rings. The van der Waals surface area contributed by atoms with Crippen molar-refractivity contribution < 1.29 is 23.1 Å². The smallest absolute Gasteiger partial charge is 0.267 e. The van der Waals surface area contributed by atoms with Gasteiger partial charge in [-0.2, -0.15) is 4.31 Å². The highest BCUT2D eigenvalue weighted by atomic mass is 32.2. The molecule has 0 aliphatic carbocycles. The number of benzene rings is 1. The standard InChI is InChI=1S/C25H39N5O5S/c1-4-7-19-18-28(3)24(25(26)32)23(19)27-21-17-20(8-9-22(21)35-16-5-2)36(33,34)30-13-11-29(12-14-30)10-6-15-31/h8-9,17-18,27,31H,4-7,10-16H2,1-3H3,(H2,26,32). The SMILES string of the molecule is CCCOc1ccc(S(=O)(=O)N2CCN(CCCO)CC2)cc1Nc1c(CCC)cn(C)c1C(N)=O. The number of aryl methyl sites for hydroxylation is 2. The molecule has 1 aliphatic heterocycles. The fraction of sp³-hybridized carbons (Fsp3) is 0.560. The van der Waals surface area contributed by atoms with Gasteiger partial charge in [0.1, 0.15) is 11.4 Å². The van der Waals surface area contributed by atoms with E-state index in [1.807, 2.05) is 20.0 Å². The van der Waals surface area contributed by atoms with E-state index in [4.69, 9.17) is 15.6 Å². The van der Waals surface area contributed by atoms with Gasteiger partial charge < -0.3 is 30.4 Å². The summed E-state index contributed by atoms with van der Waals surface area (Å²) in [6, 6.07) is 4.80. The molecule has 200 valence electrons. The molecule has 0 saturated carbocycles. The topological polar surface area (TPSA) is 130 Å². The van der Waals surface area contributed by atoms with Crippen LogP contribution in [0.4, 0.5) is 11.4 Å². The number of piperazine rings is 1. The lowest BCUT2D eigenvalue weighted by atomic mass is 10.1. The predicted octanol–water partition coefficient (Wildman–Crippen LogP) is 2.30. The van der Waals surface area contributed by atoms with Crippen molar-refractivity contribution in [2.75, 3.05) is 51.3 Å². The van der Waals surface area contributed by atoms with Gasteiger partial charge in [0, 0.05) is 52.6 Å². The number of nitrogens with two attached hydrogens (primary N) is 1. The zero-order chi connectivity index (χ0) is 26.3. The van der Waals surface area contributed by atoms with E-state index in [2.05, 4.69) is 10.2 Å². The third-order valence-corrected chi connectivity index (χ3v) is 8.18. The van der Waals surface area contributed by atoms with Gasteiger partial charge in [0.25, 0.3) is 5.91 Å². The maximum atomic E-state index is 13.5. The number of hydrogen-bond acceptors (Lipinski definition) is 7. The van der Waals surface area contributed by atoms with Gasteiger partial charge in [-0.15, -0.1) is 0 Å². The Balaban J connectivity index is 1.95. The van der Waals surface area contributed by atoms with E-state index in [0.29, 0.717) is 62.0 Å². The van der Waals surface area contributed by atoms with Crippen LogP contribution in [0.2, 0.25) is 0 Å². The Morgan fingerprint density at radius 2 is 1.89 bits per heavy atom. The minimum atomic E-state index is -3.73. The highest BCUT2D eigenvalue weighted by molar-refractivity contribution is 7.89. The van der Waals surface area contributed by atoms with Gasteiger partial charge in [0.2, 0.25) is 10.0 Å². The van der Waals surface area contributed by atoms with Crippen molar-refractivity contribution in [2.24, 2.45) is 12.8 Å². The number of aliphatic hydroxyl groups excluding tert-OH is 1. The molecule has 0 radical (unpaired) electrons. The lowest BCUT2D eigenvalue weighted by Gasteiger charge is -2.34. The van der Waals surface area contributed by atoms with Crippen LogP contribution in [0.5, 0.6) is 5.75 Å². The highest BCUT2D eigenvalue weighted by Gasteiger charge is 2.29. The molecule has 0 bridgehead atoms. The van der Waals surface area contributed by atoms with E-state index in [1.165, 1.54) is 4.31 Å². The van der Waals surface area contributed by atoms with Crippen molar-refractivity contribution in [2.45, 2.75) is 44.4 Å². The number of nitrogens with one attached hydrogen (secondary N) is 1. The van der Waals surface area contributed by atoms with Crippen LogP contribution >= 0.6 is 0 Å². The Kier molecular flexibility index (Phi) is 9.77. The molecule has 36 heavy (non-hydrogen) atoms. The van der Waals surface area contributed by atoms with Crippen LogP contribution in [0, 0.1) is 0 Å². The molecule has 1 aromatic heterocycles. The lowest BCUT2D eigenvalue weighted by Crippen LogP contribution is -2.48. The summed E-state index contributed by atoms with van der Waals surface area (Å²) in [5.41, 5.74) is 7.97. The van der Waals surface area contributed by atoms with Gasteiger partial charge in [0.15, 0.2) is 0 Å². The molecule has 1 aromatic carbocycles. The van der Waals surface area contributed by atoms with Crippen molar-refractivity contribution in [3.05, 3.63) is 35.7 Å². The van der Waals surface area contributed by atoms with Gasteiger partial charge in [-0.05, 0) is 43.0 Å². The zero-order valence-corrected chi connectivity index (χ0v) is 22.3. The van der Waals surface area contributed by atoms with E-state index in [-0.39, 0.29) is 11.5 Å². The second-order valence-corrected chi connectivity index (χ2v) is 11.0. The van der Waals surface area contributed by atoms with Gasteiger partial charge in [-0.25, -0.2) is 8.42 Å². The minimum absolute atomic E-state index is 0.125. The molecule has 1 amide bonds. The quantitative estimate of drug-likeness (QED) is 0.369. The first kappa shape index (κ1) is 28.0. The Morgan fingerprint density at radius 1 is 1.17 bits per heavy atom. The molecule has 0 atom stereocenters. The van der Waals surface area contributed by atoms with Crippen LogP contribution in [0.1, 0.15) is 49.2 Å². The summed E-state index contributed by atoms with van der Waals surface area (Å²) < 4.78 is 36.1. The van der Waals surface area contributed by atoms with Gasteiger partial charge in [-0.1, -0.05) is 20.3 Å². The lowest BCUT2D eigenvalue weighted by molar-refractivity contribution is 0.0993. The molecule has 3 rings (SSSR count). The minimum Gasteiger partial charge on any atom is -0.491 e. The van der Waals surface area contributed by atoms with E-state index in [9.17, 15) is 13.2 Å². The first-order valence-electron chi connectivity index (χ1n) is 12.6. The Hall–Kier alpha value is -2.60. The number of sulfonamides is 1. The second-order valence-electron chi connectivity index (χ2n) is 9.06. The normalized spacial score (nSPS) is 15.2. The summed E-state index contributed by atoms with van der Waals surface area (Å²) in [4.78, 5) is 14.6. The predicted molar refractivity (Wildman–Crippen MR) is 140 cm³/mol. The molecule has 1 fully saturated rings. The third-order valence-electron chi connectivity index (χ3n) is 6.29. The number of primary amides is 1. The third kappa shape index (κ3) is 6.39. The number of aromatic nitrogens is 1. The number of hydrogen-bond donors (Lipinski definition) is 3. The van der Waals surface area contributed by atoms with Crippen molar-refractivity contribution in [1.29, 1.82) is 0 Å². The van der Waals surface area contributed by atoms with Crippen molar-refractivity contribution in [3.63, 3.8) is 0 Å². The van der Waals surface area contributed by atoms with Crippen LogP contribution < -0.4 is 15.8 Å². The average molecular weight is 522 g/mol. The Bertz CT molecular complexity index is 1140. The van der Waals surface area contributed by atoms with Crippen LogP contribution in [0.25, 0.3) is 0 Å². The van der Waals surface area contributed by atoms with Crippen LogP contribution in [0.15, 0.2) is 29.3 Å². The first-order chi connectivity index (χ1) is 17.2. The summed E-state index contributed by atoms with van der Waals surface area (Å²) in [7, 11) is -1.97. The Morgan fingerprint density at radius 3 is 2.50 bits per heavy atom. The van der Waals surface area contributed by atoms with E-state index < -0.39 is 15.9 Å². The number of ether oxygens (including phenoxy) is 1. The second kappa shape index (κ2) is 12.6. The number of amides is 1. The summed E-state index contributed by atoms with van der Waals surface area (Å²) in [5, 5.41) is 12.3. The van der Waals surface area contributed by atoms with Crippen molar-refractivity contribution >= 4 is 27.3 Å². The van der Waals surface area contributed by atoms with Gasteiger partial charge in [-0.3, -0.25) is 4.79 Å². The molecule has 0 spiro atoms. The molecule has 10 nitrogen and oxygen atoms in total. The van der Waals surface area contributed by atoms with E-state index in [1.54, 1.807) is 29.8 Å². The molecule has 1 aliphatic rings. The summed E-state index contributed by atoms with van der Waals surface area (Å²) in [5.74, 6) is -0.0624. The van der Waals surface area contributed by atoms with Crippen LogP contribution in [0.3, 0.4) is 0 Å². The molecule has 11 heteroatoms. The molecule has 0 unspecified atom stereocenters. The van der Waals surface area contributed by atoms with Crippen molar-refractivity contribution in [3.8, 4) is 5.75 Å². The molecule has 1 saturated heterocycles. The summed E-state index contributed by atoms with van der Waals surface area (Å²) in [6.45, 7) is 7.40. The van der Waals surface area contributed by atoms with Crippen molar-refractivity contribution in [1.82, 2.24) is 13.8 Å². The number of anilines is 2. The largest absolute Gasteiger partial charge is 0.491 e. The van der Waals surface area contributed by atoms with Crippen LogP contribution in [-0.2, 0) is 23.5 Å².